The van der Waals surface area contributed by atoms with Crippen molar-refractivity contribution in [3.63, 3.8) is 0 Å². The molecule has 2 heteroatoms. The molecule has 10 heavy (non-hydrogen) atoms. The highest BCUT2D eigenvalue weighted by Crippen LogP contribution is 2.49. The van der Waals surface area contributed by atoms with E-state index >= 15 is 0 Å². The molecule has 56 valence electrons. The van der Waals surface area contributed by atoms with Crippen molar-refractivity contribution in [3.8, 4) is 6.07 Å². The highest BCUT2D eigenvalue weighted by atomic mass is 35.5. The van der Waals surface area contributed by atoms with Crippen molar-refractivity contribution in [2.45, 2.75) is 38.0 Å². The average Bonchev–Trinajstić information content (AvgIpc) is 2.10. The Morgan fingerprint density at radius 1 is 1.40 bits per heavy atom. The summed E-state index contributed by atoms with van der Waals surface area (Å²) in [7, 11) is 0. The van der Waals surface area contributed by atoms with E-state index < -0.39 is 4.87 Å². The van der Waals surface area contributed by atoms with Crippen LogP contribution in [0.25, 0.3) is 0 Å². The van der Waals surface area contributed by atoms with Crippen LogP contribution in [-0.2, 0) is 0 Å². The molecule has 1 atom stereocenters. The first-order valence-corrected chi connectivity index (χ1v) is 4.00. The zero-order valence-electron chi connectivity index (χ0n) is 6.45. The summed E-state index contributed by atoms with van der Waals surface area (Å²) >= 11 is 6.09. The third-order valence-corrected chi connectivity index (χ3v) is 3.36. The summed E-state index contributed by atoms with van der Waals surface area (Å²) in [6.45, 7) is 4.13. The van der Waals surface area contributed by atoms with E-state index in [-0.39, 0.29) is 5.41 Å². The lowest BCUT2D eigenvalue weighted by Crippen LogP contribution is -2.32. The minimum absolute atomic E-state index is 0.00328. The summed E-state index contributed by atoms with van der Waals surface area (Å²) in [5.41, 5.74) is 0.00328. The molecule has 0 aromatic rings. The van der Waals surface area contributed by atoms with Crippen LogP contribution in [0.1, 0.15) is 33.1 Å². The van der Waals surface area contributed by atoms with Crippen molar-refractivity contribution in [2.75, 3.05) is 0 Å². The molecular weight excluding hydrogens is 146 g/mol. The molecule has 0 bridgehead atoms. The Kier molecular flexibility index (Phi) is 1.68. The summed E-state index contributed by atoms with van der Waals surface area (Å²) in [5.74, 6) is 0. The van der Waals surface area contributed by atoms with E-state index in [0.717, 1.165) is 19.3 Å². The number of nitriles is 1. The normalized spacial score (nSPS) is 37.4. The predicted molar refractivity (Wildman–Crippen MR) is 41.8 cm³/mol. The first-order valence-electron chi connectivity index (χ1n) is 3.62. The van der Waals surface area contributed by atoms with Crippen LogP contribution in [0, 0.1) is 16.7 Å². The Morgan fingerprint density at radius 2 is 2.00 bits per heavy atom. The lowest BCUT2D eigenvalue weighted by molar-refractivity contribution is 0.339. The molecule has 0 radical (unpaired) electrons. The lowest BCUT2D eigenvalue weighted by atomic mass is 9.82. The Labute approximate surface area is 67.0 Å². The third-order valence-electron chi connectivity index (χ3n) is 2.57. The van der Waals surface area contributed by atoms with E-state index in [1.54, 1.807) is 0 Å². The summed E-state index contributed by atoms with van der Waals surface area (Å²) < 4.78 is 0. The SMILES string of the molecule is CC1(C)CCCC1(Cl)C#N. The van der Waals surface area contributed by atoms with Crippen LogP contribution < -0.4 is 0 Å². The zero-order valence-corrected chi connectivity index (χ0v) is 7.20. The first kappa shape index (κ1) is 7.88. The van der Waals surface area contributed by atoms with E-state index in [0.29, 0.717) is 0 Å². The van der Waals surface area contributed by atoms with E-state index in [9.17, 15) is 0 Å². The summed E-state index contributed by atoms with van der Waals surface area (Å²) in [6.07, 6.45) is 3.01. The van der Waals surface area contributed by atoms with Gasteiger partial charge in [0.25, 0.3) is 0 Å². The molecule has 1 fully saturated rings. The quantitative estimate of drug-likeness (QED) is 0.496. The Balaban J connectivity index is 2.89. The molecule has 0 amide bonds. The van der Waals surface area contributed by atoms with Gasteiger partial charge in [0.05, 0.1) is 6.07 Å². The van der Waals surface area contributed by atoms with Gasteiger partial charge in [-0.25, -0.2) is 0 Å². The van der Waals surface area contributed by atoms with Gasteiger partial charge in [0, 0.05) is 0 Å². The molecule has 0 heterocycles. The fraction of sp³-hybridized carbons (Fsp3) is 0.875. The Morgan fingerprint density at radius 3 is 2.20 bits per heavy atom. The van der Waals surface area contributed by atoms with Gasteiger partial charge in [-0.15, -0.1) is 11.6 Å². The van der Waals surface area contributed by atoms with Crippen LogP contribution >= 0.6 is 11.6 Å². The molecule has 1 aliphatic carbocycles. The minimum atomic E-state index is -0.590. The van der Waals surface area contributed by atoms with E-state index in [2.05, 4.69) is 19.9 Å². The molecular formula is C8H12ClN. The van der Waals surface area contributed by atoms with E-state index in [4.69, 9.17) is 16.9 Å². The maximum Gasteiger partial charge on any atom is 0.136 e. The highest BCUT2D eigenvalue weighted by molar-refractivity contribution is 6.26. The zero-order chi connectivity index (χ0) is 7.83. The molecule has 0 N–H and O–H groups in total. The van der Waals surface area contributed by atoms with Gasteiger partial charge in [0.1, 0.15) is 4.87 Å². The fourth-order valence-corrected chi connectivity index (χ4v) is 1.75. The first-order chi connectivity index (χ1) is 4.52. The molecule has 1 nitrogen and oxygen atoms in total. The van der Waals surface area contributed by atoms with Gasteiger partial charge in [-0.1, -0.05) is 13.8 Å². The van der Waals surface area contributed by atoms with Crippen LogP contribution in [0.2, 0.25) is 0 Å². The van der Waals surface area contributed by atoms with Gasteiger partial charge in [-0.2, -0.15) is 5.26 Å². The molecule has 1 saturated carbocycles. The molecule has 0 aliphatic heterocycles. The van der Waals surface area contributed by atoms with E-state index in [1.165, 1.54) is 0 Å². The standard InChI is InChI=1S/C8H12ClN/c1-7(2)4-3-5-8(7,9)6-10/h3-5H2,1-2H3. The van der Waals surface area contributed by atoms with Gasteiger partial charge < -0.3 is 0 Å². The van der Waals surface area contributed by atoms with Crippen LogP contribution in [0.5, 0.6) is 0 Å². The van der Waals surface area contributed by atoms with Crippen LogP contribution in [0.3, 0.4) is 0 Å². The van der Waals surface area contributed by atoms with Crippen LogP contribution in [0.15, 0.2) is 0 Å². The maximum absolute atomic E-state index is 8.78. The predicted octanol–water partition coefficient (Wildman–Crippen LogP) is 2.70. The number of halogens is 1. The second kappa shape index (κ2) is 2.13. The van der Waals surface area contributed by atoms with E-state index in [1.807, 2.05) is 0 Å². The molecule has 1 unspecified atom stereocenters. The maximum atomic E-state index is 8.78. The van der Waals surface area contributed by atoms with Crippen molar-refractivity contribution < 1.29 is 0 Å². The monoisotopic (exact) mass is 157 g/mol. The number of rotatable bonds is 0. The van der Waals surface area contributed by atoms with Crippen LogP contribution in [-0.4, -0.2) is 4.87 Å². The van der Waals surface area contributed by atoms with Gasteiger partial charge in [-0.3, -0.25) is 0 Å². The van der Waals surface area contributed by atoms with Gasteiger partial charge >= 0.3 is 0 Å². The molecule has 0 saturated heterocycles. The largest absolute Gasteiger partial charge is 0.196 e. The van der Waals surface area contributed by atoms with Gasteiger partial charge in [0.2, 0.25) is 0 Å². The number of hydrogen-bond donors (Lipinski definition) is 0. The summed E-state index contributed by atoms with van der Waals surface area (Å²) in [6, 6.07) is 2.20. The summed E-state index contributed by atoms with van der Waals surface area (Å²) in [5, 5.41) is 8.78. The third kappa shape index (κ3) is 0.914. The average molecular weight is 158 g/mol. The molecule has 0 spiro atoms. The number of hydrogen-bond acceptors (Lipinski definition) is 1. The molecule has 1 aliphatic rings. The smallest absolute Gasteiger partial charge is 0.136 e. The topological polar surface area (TPSA) is 23.8 Å². The number of alkyl halides is 1. The van der Waals surface area contributed by atoms with Crippen molar-refractivity contribution in [1.82, 2.24) is 0 Å². The van der Waals surface area contributed by atoms with Crippen molar-refractivity contribution in [1.29, 1.82) is 5.26 Å². The second-order valence-corrected chi connectivity index (χ2v) is 4.30. The summed E-state index contributed by atoms with van der Waals surface area (Å²) in [4.78, 5) is -0.590. The number of nitrogens with zero attached hydrogens (tertiary/aromatic N) is 1. The minimum Gasteiger partial charge on any atom is -0.196 e. The van der Waals surface area contributed by atoms with Gasteiger partial charge in [0.15, 0.2) is 0 Å². The van der Waals surface area contributed by atoms with Crippen molar-refractivity contribution in [3.05, 3.63) is 0 Å². The van der Waals surface area contributed by atoms with Gasteiger partial charge in [-0.05, 0) is 24.7 Å². The Hall–Kier alpha value is -0.220. The highest BCUT2D eigenvalue weighted by Gasteiger charge is 2.47. The lowest BCUT2D eigenvalue weighted by Gasteiger charge is -2.28. The Bertz CT molecular complexity index is 180. The molecule has 0 aromatic heterocycles. The molecule has 0 aromatic carbocycles. The molecule has 1 rings (SSSR count). The van der Waals surface area contributed by atoms with Crippen LogP contribution in [0.4, 0.5) is 0 Å². The van der Waals surface area contributed by atoms with Crippen molar-refractivity contribution in [2.24, 2.45) is 5.41 Å². The second-order valence-electron chi connectivity index (χ2n) is 3.65. The van der Waals surface area contributed by atoms with Crippen molar-refractivity contribution >= 4 is 11.6 Å². The fourth-order valence-electron chi connectivity index (χ4n) is 1.52.